The number of benzene rings is 4. The van der Waals surface area contributed by atoms with E-state index in [1.165, 1.54) is 0 Å². The number of nitrogens with one attached hydrogen (secondary N) is 2. The zero-order valence-corrected chi connectivity index (χ0v) is 28.2. The molecule has 3 aliphatic heterocycles. The summed E-state index contributed by atoms with van der Waals surface area (Å²) in [5, 5.41) is 8.76. The molecule has 4 aromatic rings. The number of piperazine rings is 1. The Balaban J connectivity index is 1.15. The Hall–Kier alpha value is -4.53. The molecule has 3 heterocycles. The fourth-order valence-electron chi connectivity index (χ4n) is 7.66. The molecule has 0 radical (unpaired) electrons. The second-order valence-corrected chi connectivity index (χ2v) is 14.0. The van der Waals surface area contributed by atoms with Crippen LogP contribution in [0.4, 0.5) is 0 Å². The lowest BCUT2D eigenvalue weighted by Gasteiger charge is -2.42. The van der Waals surface area contributed by atoms with Crippen molar-refractivity contribution in [2.45, 2.75) is 50.7 Å². The number of likely N-dealkylation sites (tertiary alicyclic amines) is 1. The summed E-state index contributed by atoms with van der Waals surface area (Å²) in [6.45, 7) is 5.17. The summed E-state index contributed by atoms with van der Waals surface area (Å²) in [4.78, 5) is 48.3. The van der Waals surface area contributed by atoms with Gasteiger partial charge in [-0.3, -0.25) is 19.3 Å². The molecule has 3 saturated heterocycles. The highest BCUT2D eigenvalue weighted by Crippen LogP contribution is 2.25. The van der Waals surface area contributed by atoms with Crippen LogP contribution in [0.15, 0.2) is 97.1 Å². The van der Waals surface area contributed by atoms with Gasteiger partial charge >= 0.3 is 0 Å². The number of carbonyl (C=O) groups is 3. The number of nitrogens with zero attached hydrogens (tertiary/aromatic N) is 3. The summed E-state index contributed by atoms with van der Waals surface area (Å²) in [5.41, 5.74) is 4.17. The molecule has 0 spiro atoms. The van der Waals surface area contributed by atoms with E-state index in [1.807, 2.05) is 53.4 Å². The van der Waals surface area contributed by atoms with Gasteiger partial charge in [-0.05, 0) is 90.8 Å². The first-order chi connectivity index (χ1) is 24.0. The van der Waals surface area contributed by atoms with Gasteiger partial charge in [-0.15, -0.1) is 0 Å². The lowest BCUT2D eigenvalue weighted by molar-refractivity contribution is -0.152. The van der Waals surface area contributed by atoms with Gasteiger partial charge in [0.05, 0.1) is 13.1 Å². The average molecular weight is 658 g/mol. The van der Waals surface area contributed by atoms with Crippen molar-refractivity contribution in [3.8, 4) is 11.1 Å². The molecule has 2 N–H and O–H groups in total. The highest BCUT2D eigenvalue weighted by molar-refractivity contribution is 5.97. The van der Waals surface area contributed by atoms with Crippen LogP contribution in [0.3, 0.4) is 0 Å². The number of carbonyl (C=O) groups excluding carboxylic acids is 3. The summed E-state index contributed by atoms with van der Waals surface area (Å²) in [6.07, 6.45) is 4.61. The maximum absolute atomic E-state index is 14.5. The van der Waals surface area contributed by atoms with Gasteiger partial charge in [0, 0.05) is 19.5 Å². The van der Waals surface area contributed by atoms with Crippen molar-refractivity contribution < 1.29 is 14.4 Å². The van der Waals surface area contributed by atoms with Crippen LogP contribution >= 0.6 is 0 Å². The topological polar surface area (TPSA) is 85.0 Å². The van der Waals surface area contributed by atoms with Crippen molar-refractivity contribution in [3.63, 3.8) is 0 Å². The first-order valence-electron chi connectivity index (χ1n) is 17.9. The van der Waals surface area contributed by atoms with Crippen LogP contribution in [0.2, 0.25) is 0 Å². The molecule has 0 aromatic heterocycles. The summed E-state index contributed by atoms with van der Waals surface area (Å²) in [7, 11) is 0. The SMILES string of the molecule is O=C1N[C@@H](Cc2ccc3ccccc3c2)C(=O)N(Cc2ccc(-c3ccccc3)cc2)[C@H]1CN(CC1CCNCC1)C(=O)CN1CCCC1. The van der Waals surface area contributed by atoms with Gasteiger partial charge in [0.2, 0.25) is 17.7 Å². The van der Waals surface area contributed by atoms with E-state index >= 15 is 0 Å². The lowest BCUT2D eigenvalue weighted by Crippen LogP contribution is -2.66. The number of fused-ring (bicyclic) bond motifs is 1. The van der Waals surface area contributed by atoms with Crippen molar-refractivity contribution in [2.75, 3.05) is 45.8 Å². The van der Waals surface area contributed by atoms with E-state index in [4.69, 9.17) is 0 Å². The van der Waals surface area contributed by atoms with Crippen LogP contribution < -0.4 is 10.6 Å². The van der Waals surface area contributed by atoms with Gasteiger partial charge in [-0.1, -0.05) is 97.1 Å². The van der Waals surface area contributed by atoms with Gasteiger partial charge in [0.15, 0.2) is 0 Å². The Bertz CT molecular complexity index is 1750. The van der Waals surface area contributed by atoms with Crippen molar-refractivity contribution in [3.05, 3.63) is 108 Å². The molecule has 4 aromatic carbocycles. The molecule has 254 valence electrons. The molecule has 49 heavy (non-hydrogen) atoms. The minimum absolute atomic E-state index is 0.0473. The summed E-state index contributed by atoms with van der Waals surface area (Å²) >= 11 is 0. The molecule has 7 rings (SSSR count). The van der Waals surface area contributed by atoms with Crippen LogP contribution in [-0.2, 0) is 27.3 Å². The van der Waals surface area contributed by atoms with E-state index in [-0.39, 0.29) is 24.3 Å². The van der Waals surface area contributed by atoms with Crippen LogP contribution in [0, 0.1) is 5.92 Å². The largest absolute Gasteiger partial charge is 0.342 e. The third-order valence-electron chi connectivity index (χ3n) is 10.5. The minimum atomic E-state index is -0.779. The summed E-state index contributed by atoms with van der Waals surface area (Å²) in [6, 6.07) is 31.4. The molecular formula is C41H47N5O3. The zero-order valence-electron chi connectivity index (χ0n) is 28.2. The molecule has 0 bridgehead atoms. The normalized spacial score (nSPS) is 20.4. The number of amides is 3. The van der Waals surface area contributed by atoms with Crippen LogP contribution in [0.5, 0.6) is 0 Å². The van der Waals surface area contributed by atoms with Crippen molar-refractivity contribution in [1.29, 1.82) is 0 Å². The van der Waals surface area contributed by atoms with E-state index in [9.17, 15) is 14.4 Å². The van der Waals surface area contributed by atoms with E-state index in [0.29, 0.717) is 32.0 Å². The van der Waals surface area contributed by atoms with Crippen LogP contribution in [-0.4, -0.2) is 90.3 Å². The van der Waals surface area contributed by atoms with E-state index < -0.39 is 12.1 Å². The third-order valence-corrected chi connectivity index (χ3v) is 10.5. The van der Waals surface area contributed by atoms with E-state index in [0.717, 1.165) is 84.9 Å². The van der Waals surface area contributed by atoms with Gasteiger partial charge in [-0.2, -0.15) is 0 Å². The smallest absolute Gasteiger partial charge is 0.246 e. The highest BCUT2D eigenvalue weighted by atomic mass is 16.2. The Morgan fingerprint density at radius 3 is 2.18 bits per heavy atom. The maximum atomic E-state index is 14.5. The number of rotatable bonds is 11. The predicted molar refractivity (Wildman–Crippen MR) is 194 cm³/mol. The van der Waals surface area contributed by atoms with Crippen molar-refractivity contribution in [1.82, 2.24) is 25.3 Å². The molecule has 8 nitrogen and oxygen atoms in total. The first kappa shape index (κ1) is 33.0. The number of hydrogen-bond acceptors (Lipinski definition) is 5. The Kier molecular flexibility index (Phi) is 10.3. The maximum Gasteiger partial charge on any atom is 0.246 e. The standard InChI is InChI=1S/C41H47N5O3/c47-39(29-44-22-6-7-23-44)45(26-31-18-20-42-21-19-31)28-38-40(48)43-37(25-32-14-17-34-10-4-5-11-36(34)24-32)41(49)46(38)27-30-12-15-35(16-13-30)33-8-2-1-3-9-33/h1-5,8-17,24,31,37-38,42H,6-7,18-23,25-29H2,(H,43,48)/t37-,38-/m0/s1. The Morgan fingerprint density at radius 2 is 1.43 bits per heavy atom. The van der Waals surface area contributed by atoms with E-state index in [1.54, 1.807) is 4.90 Å². The molecule has 0 unspecified atom stereocenters. The second-order valence-electron chi connectivity index (χ2n) is 14.0. The first-order valence-corrected chi connectivity index (χ1v) is 17.9. The zero-order chi connectivity index (χ0) is 33.6. The van der Waals surface area contributed by atoms with Gasteiger partial charge in [0.1, 0.15) is 12.1 Å². The fraction of sp³-hybridized carbons (Fsp3) is 0.390. The Labute approximate surface area is 289 Å². The molecule has 3 aliphatic rings. The molecule has 0 aliphatic carbocycles. The van der Waals surface area contributed by atoms with Crippen LogP contribution in [0.1, 0.15) is 36.8 Å². The molecule has 2 atom stereocenters. The van der Waals surface area contributed by atoms with Crippen LogP contribution in [0.25, 0.3) is 21.9 Å². The molecule has 3 amide bonds. The summed E-state index contributed by atoms with van der Waals surface area (Å²) in [5.74, 6) is 0.103. The second kappa shape index (κ2) is 15.3. The Morgan fingerprint density at radius 1 is 0.755 bits per heavy atom. The third kappa shape index (κ3) is 8.03. The van der Waals surface area contributed by atoms with Crippen molar-refractivity contribution in [2.24, 2.45) is 5.92 Å². The minimum Gasteiger partial charge on any atom is -0.342 e. The molecule has 8 heteroatoms. The predicted octanol–water partition coefficient (Wildman–Crippen LogP) is 4.87. The quantitative estimate of drug-likeness (QED) is 0.241. The van der Waals surface area contributed by atoms with E-state index in [2.05, 4.69) is 64.1 Å². The van der Waals surface area contributed by atoms with Gasteiger partial charge in [-0.25, -0.2) is 0 Å². The average Bonchev–Trinajstić information content (AvgIpc) is 3.65. The lowest BCUT2D eigenvalue weighted by atomic mass is 9.95. The van der Waals surface area contributed by atoms with Crippen molar-refractivity contribution >= 4 is 28.5 Å². The summed E-state index contributed by atoms with van der Waals surface area (Å²) < 4.78 is 0. The molecule has 3 fully saturated rings. The van der Waals surface area contributed by atoms with Gasteiger partial charge < -0.3 is 20.4 Å². The fourth-order valence-corrected chi connectivity index (χ4v) is 7.66. The number of piperidine rings is 1. The monoisotopic (exact) mass is 657 g/mol. The van der Waals surface area contributed by atoms with Gasteiger partial charge in [0.25, 0.3) is 0 Å². The molecule has 0 saturated carbocycles. The molecular weight excluding hydrogens is 610 g/mol. The highest BCUT2D eigenvalue weighted by Gasteiger charge is 2.42. The number of hydrogen-bond donors (Lipinski definition) is 2.